The molecule has 1 fully saturated rings. The van der Waals surface area contributed by atoms with Gasteiger partial charge in [0.25, 0.3) is 0 Å². The summed E-state index contributed by atoms with van der Waals surface area (Å²) in [7, 11) is 0. The number of aliphatic hydroxyl groups is 1. The van der Waals surface area contributed by atoms with Crippen molar-refractivity contribution < 1.29 is 9.90 Å². The van der Waals surface area contributed by atoms with Crippen molar-refractivity contribution in [2.75, 3.05) is 6.54 Å². The van der Waals surface area contributed by atoms with Crippen LogP contribution in [0.3, 0.4) is 0 Å². The molecule has 0 aromatic carbocycles. The molecule has 0 aromatic rings. The molecule has 0 aromatic heterocycles. The monoisotopic (exact) mass is 283 g/mol. The Hall–Kier alpha value is -0.570. The minimum absolute atomic E-state index is 0.0878. The number of hydrogen-bond acceptors (Lipinski definition) is 2. The van der Waals surface area contributed by atoms with Gasteiger partial charge in [0, 0.05) is 13.0 Å². The first-order chi connectivity index (χ1) is 9.39. The molecule has 0 saturated heterocycles. The fraction of sp³-hybridized carbons (Fsp3) is 0.941. The first-order valence-electron chi connectivity index (χ1n) is 8.38. The van der Waals surface area contributed by atoms with Crippen LogP contribution in [0, 0.1) is 11.8 Å². The van der Waals surface area contributed by atoms with Gasteiger partial charge < -0.3 is 10.4 Å². The fourth-order valence-electron chi connectivity index (χ4n) is 3.36. The highest BCUT2D eigenvalue weighted by Crippen LogP contribution is 2.27. The molecule has 1 saturated carbocycles. The number of amides is 1. The van der Waals surface area contributed by atoms with Crippen molar-refractivity contribution in [1.82, 2.24) is 5.32 Å². The second-order valence-electron chi connectivity index (χ2n) is 7.27. The molecule has 0 spiro atoms. The molecule has 1 rings (SSSR count). The number of hydrogen-bond donors (Lipinski definition) is 2. The average molecular weight is 283 g/mol. The van der Waals surface area contributed by atoms with E-state index in [1.165, 1.54) is 38.5 Å². The van der Waals surface area contributed by atoms with Gasteiger partial charge in [-0.1, -0.05) is 46.0 Å². The van der Waals surface area contributed by atoms with E-state index in [2.05, 4.69) is 19.2 Å². The van der Waals surface area contributed by atoms with Gasteiger partial charge in [0.15, 0.2) is 0 Å². The van der Waals surface area contributed by atoms with Gasteiger partial charge in [-0.2, -0.15) is 0 Å². The normalized spacial score (nSPS) is 19.9. The highest BCUT2D eigenvalue weighted by atomic mass is 16.3. The molecule has 0 aliphatic heterocycles. The van der Waals surface area contributed by atoms with Gasteiger partial charge in [-0.25, -0.2) is 0 Å². The van der Waals surface area contributed by atoms with E-state index in [0.29, 0.717) is 18.9 Å². The second-order valence-corrected chi connectivity index (χ2v) is 7.27. The van der Waals surface area contributed by atoms with E-state index in [4.69, 9.17) is 0 Å². The molecule has 1 atom stereocenters. The van der Waals surface area contributed by atoms with Gasteiger partial charge in [0.2, 0.25) is 5.91 Å². The first-order valence-corrected chi connectivity index (χ1v) is 8.38. The molecule has 1 unspecified atom stereocenters. The SMILES string of the molecule is CC(C)CC(C)(O)CNC(=O)CCCC1CCCCC1. The summed E-state index contributed by atoms with van der Waals surface area (Å²) in [6.45, 7) is 6.34. The quantitative estimate of drug-likeness (QED) is 0.714. The lowest BCUT2D eigenvalue weighted by Gasteiger charge is -2.25. The molecule has 3 nitrogen and oxygen atoms in total. The van der Waals surface area contributed by atoms with Crippen LogP contribution in [-0.4, -0.2) is 23.2 Å². The van der Waals surface area contributed by atoms with Crippen molar-refractivity contribution in [3.8, 4) is 0 Å². The Morgan fingerprint density at radius 1 is 1.30 bits per heavy atom. The van der Waals surface area contributed by atoms with Gasteiger partial charge in [0.1, 0.15) is 0 Å². The van der Waals surface area contributed by atoms with Crippen LogP contribution in [0.2, 0.25) is 0 Å². The van der Waals surface area contributed by atoms with Gasteiger partial charge in [0.05, 0.1) is 5.60 Å². The zero-order valence-corrected chi connectivity index (χ0v) is 13.6. The summed E-state index contributed by atoms with van der Waals surface area (Å²) < 4.78 is 0. The lowest BCUT2D eigenvalue weighted by atomic mass is 9.86. The summed E-state index contributed by atoms with van der Waals surface area (Å²) in [4.78, 5) is 11.8. The third-order valence-electron chi connectivity index (χ3n) is 4.26. The summed E-state index contributed by atoms with van der Waals surface area (Å²) >= 11 is 0. The predicted molar refractivity (Wildman–Crippen MR) is 83.5 cm³/mol. The standard InChI is InChI=1S/C17H33NO2/c1-14(2)12-17(3,20)13-18-16(19)11-7-10-15-8-5-4-6-9-15/h14-15,20H,4-13H2,1-3H3,(H,18,19). The maximum Gasteiger partial charge on any atom is 0.220 e. The molecule has 1 aliphatic rings. The van der Waals surface area contributed by atoms with E-state index in [1.807, 2.05) is 0 Å². The maximum atomic E-state index is 11.8. The molecule has 118 valence electrons. The van der Waals surface area contributed by atoms with Crippen LogP contribution in [0.15, 0.2) is 0 Å². The topological polar surface area (TPSA) is 49.3 Å². The molecule has 1 aliphatic carbocycles. The number of carbonyl (C=O) groups is 1. The van der Waals surface area contributed by atoms with Crippen LogP contribution < -0.4 is 5.32 Å². The molecule has 2 N–H and O–H groups in total. The van der Waals surface area contributed by atoms with Crippen molar-refractivity contribution >= 4 is 5.91 Å². The lowest BCUT2D eigenvalue weighted by molar-refractivity contribution is -0.122. The minimum atomic E-state index is -0.785. The Bertz CT molecular complexity index is 281. The Morgan fingerprint density at radius 2 is 1.95 bits per heavy atom. The summed E-state index contributed by atoms with van der Waals surface area (Å²) in [6, 6.07) is 0. The van der Waals surface area contributed by atoms with Crippen molar-refractivity contribution in [2.45, 2.75) is 84.2 Å². The third kappa shape index (κ3) is 7.88. The Kier molecular flexibility index (Phi) is 7.57. The van der Waals surface area contributed by atoms with Crippen LogP contribution in [-0.2, 0) is 4.79 Å². The molecular formula is C17H33NO2. The summed E-state index contributed by atoms with van der Waals surface area (Å²) in [5, 5.41) is 13.0. The summed E-state index contributed by atoms with van der Waals surface area (Å²) in [6.07, 6.45) is 10.3. The smallest absolute Gasteiger partial charge is 0.220 e. The number of rotatable bonds is 8. The van der Waals surface area contributed by atoms with Crippen LogP contribution in [0.5, 0.6) is 0 Å². The first kappa shape index (κ1) is 17.5. The highest BCUT2D eigenvalue weighted by molar-refractivity contribution is 5.75. The van der Waals surface area contributed by atoms with Gasteiger partial charge in [-0.05, 0) is 38.0 Å². The molecule has 0 radical (unpaired) electrons. The van der Waals surface area contributed by atoms with E-state index in [1.54, 1.807) is 6.92 Å². The third-order valence-corrected chi connectivity index (χ3v) is 4.26. The summed E-state index contributed by atoms with van der Waals surface area (Å²) in [5.74, 6) is 1.37. The van der Waals surface area contributed by atoms with Crippen molar-refractivity contribution in [3.63, 3.8) is 0 Å². The van der Waals surface area contributed by atoms with Crippen LogP contribution in [0.4, 0.5) is 0 Å². The Labute approximate surface area is 124 Å². The van der Waals surface area contributed by atoms with E-state index >= 15 is 0 Å². The minimum Gasteiger partial charge on any atom is -0.388 e. The van der Waals surface area contributed by atoms with Gasteiger partial charge in [-0.3, -0.25) is 4.79 Å². The zero-order valence-electron chi connectivity index (χ0n) is 13.6. The number of nitrogens with one attached hydrogen (secondary N) is 1. The maximum absolute atomic E-state index is 11.8. The fourth-order valence-corrected chi connectivity index (χ4v) is 3.36. The molecule has 20 heavy (non-hydrogen) atoms. The van der Waals surface area contributed by atoms with E-state index in [9.17, 15) is 9.90 Å². The van der Waals surface area contributed by atoms with E-state index < -0.39 is 5.60 Å². The van der Waals surface area contributed by atoms with Crippen LogP contribution >= 0.6 is 0 Å². The van der Waals surface area contributed by atoms with Crippen molar-refractivity contribution in [1.29, 1.82) is 0 Å². The van der Waals surface area contributed by atoms with E-state index in [0.717, 1.165) is 18.8 Å². The Balaban J connectivity index is 2.10. The predicted octanol–water partition coefficient (Wildman–Crippen LogP) is 3.65. The average Bonchev–Trinajstić information content (AvgIpc) is 2.36. The zero-order chi connectivity index (χ0) is 15.0. The van der Waals surface area contributed by atoms with Crippen LogP contribution in [0.1, 0.15) is 78.6 Å². The van der Waals surface area contributed by atoms with E-state index in [-0.39, 0.29) is 5.91 Å². The molecule has 0 heterocycles. The second kappa shape index (κ2) is 8.66. The lowest BCUT2D eigenvalue weighted by Crippen LogP contribution is -2.41. The largest absolute Gasteiger partial charge is 0.388 e. The highest BCUT2D eigenvalue weighted by Gasteiger charge is 2.22. The number of carbonyl (C=O) groups excluding carboxylic acids is 1. The van der Waals surface area contributed by atoms with Gasteiger partial charge >= 0.3 is 0 Å². The van der Waals surface area contributed by atoms with Crippen molar-refractivity contribution in [3.05, 3.63) is 0 Å². The van der Waals surface area contributed by atoms with Crippen LogP contribution in [0.25, 0.3) is 0 Å². The molecule has 3 heteroatoms. The molecule has 0 bridgehead atoms. The van der Waals surface area contributed by atoms with Gasteiger partial charge in [-0.15, -0.1) is 0 Å². The van der Waals surface area contributed by atoms with Crippen molar-refractivity contribution in [2.24, 2.45) is 11.8 Å². The molecule has 1 amide bonds. The Morgan fingerprint density at radius 3 is 2.55 bits per heavy atom. The summed E-state index contributed by atoms with van der Waals surface area (Å²) in [5.41, 5.74) is -0.785. The molecular weight excluding hydrogens is 250 g/mol.